The fourth-order valence-corrected chi connectivity index (χ4v) is 2.39. The molecule has 1 aliphatic heterocycles. The van der Waals surface area contributed by atoms with Crippen LogP contribution < -0.4 is 5.32 Å². The van der Waals surface area contributed by atoms with Gasteiger partial charge in [0.25, 0.3) is 5.91 Å². The van der Waals surface area contributed by atoms with E-state index in [1.807, 2.05) is 0 Å². The van der Waals surface area contributed by atoms with Crippen molar-refractivity contribution in [1.29, 1.82) is 0 Å². The zero-order valence-corrected chi connectivity index (χ0v) is 12.2. The van der Waals surface area contributed by atoms with Gasteiger partial charge in [-0.25, -0.2) is 4.79 Å². The monoisotopic (exact) mass is 331 g/mol. The van der Waals surface area contributed by atoms with E-state index in [1.54, 1.807) is 0 Å². The number of nitrogens with one attached hydrogen (secondary N) is 1. The van der Waals surface area contributed by atoms with Gasteiger partial charge in [-0.2, -0.15) is 13.2 Å². The molecule has 0 atom stereocenters. The van der Waals surface area contributed by atoms with Crippen LogP contribution >= 0.6 is 0 Å². The standard InChI is InChI=1S/C15H16F3NO4/c16-15(17,18)12-7-10(14(21)22)1-2-11(12)13(20)19-8-9-3-5-23-6-4-9/h1-2,7,9H,3-6,8H2,(H,19,20)(H,21,22). The van der Waals surface area contributed by atoms with Crippen LogP contribution in [0.25, 0.3) is 0 Å². The van der Waals surface area contributed by atoms with Crippen molar-refractivity contribution in [1.82, 2.24) is 5.32 Å². The number of carbonyl (C=O) groups is 2. The first-order valence-corrected chi connectivity index (χ1v) is 7.09. The first kappa shape index (κ1) is 17.3. The fourth-order valence-electron chi connectivity index (χ4n) is 2.39. The number of carboxylic acid groups (broad SMARTS) is 1. The SMILES string of the molecule is O=C(O)c1ccc(C(=O)NCC2CCOCC2)c(C(F)(F)F)c1. The zero-order valence-electron chi connectivity index (χ0n) is 12.2. The Balaban J connectivity index is 2.16. The van der Waals surface area contributed by atoms with Gasteiger partial charge in [-0.1, -0.05) is 0 Å². The predicted molar refractivity (Wildman–Crippen MR) is 74.3 cm³/mol. The van der Waals surface area contributed by atoms with E-state index >= 15 is 0 Å². The van der Waals surface area contributed by atoms with Crippen LogP contribution in [0.2, 0.25) is 0 Å². The number of carboxylic acids is 1. The second-order valence-electron chi connectivity index (χ2n) is 5.33. The number of amides is 1. The summed E-state index contributed by atoms with van der Waals surface area (Å²) in [6, 6.07) is 2.36. The van der Waals surface area contributed by atoms with Crippen LogP contribution in [0.4, 0.5) is 13.2 Å². The average Bonchev–Trinajstić information content (AvgIpc) is 2.52. The summed E-state index contributed by atoms with van der Waals surface area (Å²) in [5, 5.41) is 11.3. The van der Waals surface area contributed by atoms with E-state index < -0.39 is 34.7 Å². The maximum absolute atomic E-state index is 13.1. The van der Waals surface area contributed by atoms with Gasteiger partial charge in [0.05, 0.1) is 16.7 Å². The number of rotatable bonds is 4. The molecule has 1 aliphatic rings. The molecule has 1 amide bonds. The highest BCUT2D eigenvalue weighted by Gasteiger charge is 2.36. The van der Waals surface area contributed by atoms with Gasteiger partial charge in [0.15, 0.2) is 0 Å². The normalized spacial score (nSPS) is 16.1. The van der Waals surface area contributed by atoms with Gasteiger partial charge in [-0.15, -0.1) is 0 Å². The molecule has 0 radical (unpaired) electrons. The van der Waals surface area contributed by atoms with Crippen LogP contribution in [-0.4, -0.2) is 36.7 Å². The molecular weight excluding hydrogens is 315 g/mol. The van der Waals surface area contributed by atoms with Crippen molar-refractivity contribution in [3.8, 4) is 0 Å². The van der Waals surface area contributed by atoms with Gasteiger partial charge in [0.1, 0.15) is 0 Å². The van der Waals surface area contributed by atoms with Gasteiger partial charge >= 0.3 is 12.1 Å². The quantitative estimate of drug-likeness (QED) is 0.889. The van der Waals surface area contributed by atoms with Crippen LogP contribution in [0.3, 0.4) is 0 Å². The van der Waals surface area contributed by atoms with Gasteiger partial charge in [-0.05, 0) is 37.0 Å². The lowest BCUT2D eigenvalue weighted by Crippen LogP contribution is -2.33. The van der Waals surface area contributed by atoms with E-state index in [0.717, 1.165) is 25.0 Å². The lowest BCUT2D eigenvalue weighted by atomic mass is 9.99. The largest absolute Gasteiger partial charge is 0.478 e. The molecule has 0 saturated carbocycles. The van der Waals surface area contributed by atoms with Gasteiger partial charge in [0.2, 0.25) is 0 Å². The summed E-state index contributed by atoms with van der Waals surface area (Å²) in [7, 11) is 0. The van der Waals surface area contributed by atoms with Crippen molar-refractivity contribution in [2.24, 2.45) is 5.92 Å². The molecule has 1 saturated heterocycles. The van der Waals surface area contributed by atoms with E-state index in [1.165, 1.54) is 0 Å². The Morgan fingerprint density at radius 2 is 1.91 bits per heavy atom. The minimum absolute atomic E-state index is 0.167. The van der Waals surface area contributed by atoms with Crippen molar-refractivity contribution in [2.45, 2.75) is 19.0 Å². The lowest BCUT2D eigenvalue weighted by molar-refractivity contribution is -0.137. The number of alkyl halides is 3. The molecule has 2 rings (SSSR count). The molecule has 5 nitrogen and oxygen atoms in total. The Labute approximate surface area is 130 Å². The van der Waals surface area contributed by atoms with Crippen molar-refractivity contribution in [2.75, 3.05) is 19.8 Å². The molecule has 2 N–H and O–H groups in total. The Morgan fingerprint density at radius 1 is 1.26 bits per heavy atom. The molecule has 23 heavy (non-hydrogen) atoms. The van der Waals surface area contributed by atoms with E-state index in [2.05, 4.69) is 5.32 Å². The third-order valence-corrected chi connectivity index (χ3v) is 3.71. The van der Waals surface area contributed by atoms with Gasteiger partial charge in [-0.3, -0.25) is 4.79 Å². The van der Waals surface area contributed by atoms with Gasteiger partial charge in [0, 0.05) is 19.8 Å². The highest BCUT2D eigenvalue weighted by atomic mass is 19.4. The zero-order chi connectivity index (χ0) is 17.0. The van der Waals surface area contributed by atoms with Crippen LogP contribution in [0.15, 0.2) is 18.2 Å². The molecule has 0 aliphatic carbocycles. The van der Waals surface area contributed by atoms with Crippen LogP contribution in [0.5, 0.6) is 0 Å². The summed E-state index contributed by atoms with van der Waals surface area (Å²) in [6.45, 7) is 1.41. The van der Waals surface area contributed by atoms with Crippen LogP contribution in [-0.2, 0) is 10.9 Å². The molecule has 8 heteroatoms. The smallest absolute Gasteiger partial charge is 0.417 e. The maximum Gasteiger partial charge on any atom is 0.417 e. The van der Waals surface area contributed by atoms with Gasteiger partial charge < -0.3 is 15.2 Å². The molecule has 0 unspecified atom stereocenters. The first-order chi connectivity index (χ1) is 10.8. The second kappa shape index (κ2) is 6.99. The molecule has 1 fully saturated rings. The Hall–Kier alpha value is -2.09. The third-order valence-electron chi connectivity index (χ3n) is 3.71. The summed E-state index contributed by atoms with van der Waals surface area (Å²) in [5.41, 5.74) is -2.34. The number of hydrogen-bond donors (Lipinski definition) is 2. The molecule has 0 spiro atoms. The topological polar surface area (TPSA) is 75.6 Å². The fraction of sp³-hybridized carbons (Fsp3) is 0.467. The lowest BCUT2D eigenvalue weighted by Gasteiger charge is -2.22. The average molecular weight is 331 g/mol. The molecule has 1 heterocycles. The number of aromatic carboxylic acids is 1. The minimum Gasteiger partial charge on any atom is -0.478 e. The molecule has 0 bridgehead atoms. The Kier molecular flexibility index (Phi) is 5.25. The number of carbonyl (C=O) groups excluding carboxylic acids is 1. The van der Waals surface area contributed by atoms with Crippen molar-refractivity contribution in [3.63, 3.8) is 0 Å². The highest BCUT2D eigenvalue weighted by molar-refractivity contribution is 5.97. The molecular formula is C15H16F3NO4. The summed E-state index contributed by atoms with van der Waals surface area (Å²) in [5.74, 6) is -2.18. The molecule has 1 aromatic rings. The highest BCUT2D eigenvalue weighted by Crippen LogP contribution is 2.32. The Morgan fingerprint density at radius 3 is 2.48 bits per heavy atom. The van der Waals surface area contributed by atoms with Crippen LogP contribution in [0.1, 0.15) is 39.1 Å². The summed E-state index contributed by atoms with van der Waals surface area (Å²) >= 11 is 0. The minimum atomic E-state index is -4.81. The van der Waals surface area contributed by atoms with E-state index in [9.17, 15) is 22.8 Å². The summed E-state index contributed by atoms with van der Waals surface area (Å²) in [6.07, 6.45) is -3.33. The van der Waals surface area contributed by atoms with E-state index in [4.69, 9.17) is 9.84 Å². The molecule has 1 aromatic carbocycles. The van der Waals surface area contributed by atoms with Crippen molar-refractivity contribution in [3.05, 3.63) is 34.9 Å². The molecule has 126 valence electrons. The Bertz CT molecular complexity index is 595. The second-order valence-corrected chi connectivity index (χ2v) is 5.33. The predicted octanol–water partition coefficient (Wildman–Crippen LogP) is 2.56. The number of halogens is 3. The van der Waals surface area contributed by atoms with Crippen molar-refractivity contribution < 1.29 is 32.6 Å². The maximum atomic E-state index is 13.1. The first-order valence-electron chi connectivity index (χ1n) is 7.09. The van der Waals surface area contributed by atoms with E-state index in [0.29, 0.717) is 19.3 Å². The third kappa shape index (κ3) is 4.44. The summed E-state index contributed by atoms with van der Waals surface area (Å²) < 4.78 is 44.3. The van der Waals surface area contributed by atoms with Crippen molar-refractivity contribution >= 4 is 11.9 Å². The number of benzene rings is 1. The molecule has 0 aromatic heterocycles. The summed E-state index contributed by atoms with van der Waals surface area (Å²) in [4.78, 5) is 22.9. The van der Waals surface area contributed by atoms with E-state index in [-0.39, 0.29) is 12.5 Å². The number of ether oxygens (including phenoxy) is 1. The number of hydrogen-bond acceptors (Lipinski definition) is 3. The van der Waals surface area contributed by atoms with Crippen LogP contribution in [0, 0.1) is 5.92 Å².